The number of rotatable bonds is 4. The van der Waals surface area contributed by atoms with Gasteiger partial charge in [-0.3, -0.25) is 14.5 Å². The third-order valence-corrected chi connectivity index (χ3v) is 4.56. The van der Waals surface area contributed by atoms with E-state index in [-0.39, 0.29) is 24.5 Å². The summed E-state index contributed by atoms with van der Waals surface area (Å²) >= 11 is 0. The smallest absolute Gasteiger partial charge is 0.325 e. The summed E-state index contributed by atoms with van der Waals surface area (Å²) in [6.07, 6.45) is 3.10. The van der Waals surface area contributed by atoms with E-state index in [1.54, 1.807) is 0 Å². The van der Waals surface area contributed by atoms with Gasteiger partial charge in [0.2, 0.25) is 5.91 Å². The number of piperidine rings is 1. The first-order chi connectivity index (χ1) is 10.6. The Morgan fingerprint density at radius 3 is 2.82 bits per heavy atom. The van der Waals surface area contributed by atoms with Gasteiger partial charge in [0.1, 0.15) is 12.1 Å². The summed E-state index contributed by atoms with van der Waals surface area (Å²) in [5, 5.41) is 8.66. The fourth-order valence-electron chi connectivity index (χ4n) is 3.24. The minimum Gasteiger partial charge on any atom is -0.376 e. The lowest BCUT2D eigenvalue weighted by Gasteiger charge is -2.31. The summed E-state index contributed by atoms with van der Waals surface area (Å²) in [5.74, 6) is -0.615. The first-order valence-corrected chi connectivity index (χ1v) is 7.84. The Hall–Kier alpha value is -1.67. The van der Waals surface area contributed by atoms with Gasteiger partial charge in [-0.15, -0.1) is 0 Å². The fourth-order valence-corrected chi connectivity index (χ4v) is 3.24. The highest BCUT2D eigenvalue weighted by Crippen LogP contribution is 2.26. The average Bonchev–Trinajstić information content (AvgIpc) is 3.10. The maximum absolute atomic E-state index is 12.5. The van der Waals surface area contributed by atoms with Crippen molar-refractivity contribution in [2.75, 3.05) is 32.8 Å². The lowest BCUT2D eigenvalue weighted by Crippen LogP contribution is -2.54. The van der Waals surface area contributed by atoms with Gasteiger partial charge in [0.25, 0.3) is 5.91 Å². The van der Waals surface area contributed by atoms with E-state index in [0.29, 0.717) is 32.5 Å². The Kier molecular flexibility index (Phi) is 4.30. The largest absolute Gasteiger partial charge is 0.376 e. The first-order valence-electron chi connectivity index (χ1n) is 7.84. The van der Waals surface area contributed by atoms with Crippen LogP contribution in [-0.2, 0) is 14.3 Å². The van der Waals surface area contributed by atoms with Gasteiger partial charge in [0.05, 0.1) is 6.10 Å². The molecule has 8 heteroatoms. The Morgan fingerprint density at radius 1 is 1.36 bits per heavy atom. The van der Waals surface area contributed by atoms with Crippen molar-refractivity contribution >= 4 is 17.8 Å². The predicted molar refractivity (Wildman–Crippen MR) is 77.1 cm³/mol. The molecule has 0 bridgehead atoms. The van der Waals surface area contributed by atoms with E-state index in [4.69, 9.17) is 4.74 Å². The van der Waals surface area contributed by atoms with Gasteiger partial charge in [-0.2, -0.15) is 0 Å². The second-order valence-electron chi connectivity index (χ2n) is 6.09. The molecule has 0 aromatic carbocycles. The zero-order valence-electron chi connectivity index (χ0n) is 12.5. The van der Waals surface area contributed by atoms with Crippen LogP contribution in [0.3, 0.4) is 0 Å². The van der Waals surface area contributed by atoms with Crippen LogP contribution in [0.15, 0.2) is 0 Å². The normalized spacial score (nSPS) is 27.3. The van der Waals surface area contributed by atoms with Crippen LogP contribution in [-0.4, -0.2) is 67.2 Å². The van der Waals surface area contributed by atoms with Gasteiger partial charge in [0.15, 0.2) is 0 Å². The predicted octanol–water partition coefficient (Wildman–Crippen LogP) is -1.04. The number of carbonyl (C=O) groups is 3. The molecule has 3 aliphatic rings. The second-order valence-corrected chi connectivity index (χ2v) is 6.09. The average molecular weight is 310 g/mol. The first kappa shape index (κ1) is 15.2. The van der Waals surface area contributed by atoms with Crippen LogP contribution in [0.25, 0.3) is 0 Å². The molecule has 0 aromatic rings. The summed E-state index contributed by atoms with van der Waals surface area (Å²) in [4.78, 5) is 37.5. The van der Waals surface area contributed by atoms with Crippen molar-refractivity contribution in [3.63, 3.8) is 0 Å². The number of amides is 4. The van der Waals surface area contributed by atoms with Gasteiger partial charge in [-0.1, -0.05) is 0 Å². The number of imide groups is 1. The molecule has 3 saturated heterocycles. The van der Waals surface area contributed by atoms with Crippen LogP contribution in [0, 0.1) is 0 Å². The molecule has 3 fully saturated rings. The highest BCUT2D eigenvalue weighted by Gasteiger charge is 2.51. The highest BCUT2D eigenvalue weighted by molar-refractivity contribution is 6.09. The van der Waals surface area contributed by atoms with Gasteiger partial charge < -0.3 is 20.7 Å². The van der Waals surface area contributed by atoms with Crippen LogP contribution < -0.4 is 16.0 Å². The van der Waals surface area contributed by atoms with E-state index in [1.165, 1.54) is 0 Å². The molecule has 0 aliphatic carbocycles. The van der Waals surface area contributed by atoms with E-state index in [9.17, 15) is 14.4 Å². The monoisotopic (exact) mass is 310 g/mol. The van der Waals surface area contributed by atoms with Crippen molar-refractivity contribution in [3.8, 4) is 0 Å². The molecule has 122 valence electrons. The number of hydrogen-bond acceptors (Lipinski definition) is 5. The molecular formula is C14H22N4O4. The van der Waals surface area contributed by atoms with Gasteiger partial charge >= 0.3 is 6.03 Å². The standard InChI is InChI=1S/C14H22N4O4/c19-11(16-8-10-2-1-7-22-10)9-18-12(20)14(17-13(18)21)3-5-15-6-4-14/h10,15H,1-9H2,(H,16,19)(H,17,21). The van der Waals surface area contributed by atoms with E-state index < -0.39 is 11.6 Å². The molecule has 0 radical (unpaired) electrons. The number of urea groups is 1. The van der Waals surface area contributed by atoms with Gasteiger partial charge in [-0.25, -0.2) is 4.79 Å². The third kappa shape index (κ3) is 2.93. The summed E-state index contributed by atoms with van der Waals surface area (Å²) in [5.41, 5.74) is -0.822. The zero-order chi connectivity index (χ0) is 15.6. The van der Waals surface area contributed by atoms with Crippen LogP contribution in [0.2, 0.25) is 0 Å². The van der Waals surface area contributed by atoms with E-state index in [2.05, 4.69) is 16.0 Å². The van der Waals surface area contributed by atoms with Crippen LogP contribution >= 0.6 is 0 Å². The minimum absolute atomic E-state index is 0.0443. The molecule has 1 spiro atoms. The van der Waals surface area contributed by atoms with Crippen molar-refractivity contribution in [2.45, 2.75) is 37.3 Å². The molecule has 22 heavy (non-hydrogen) atoms. The van der Waals surface area contributed by atoms with Gasteiger partial charge in [-0.05, 0) is 38.8 Å². The van der Waals surface area contributed by atoms with E-state index in [0.717, 1.165) is 24.3 Å². The topological polar surface area (TPSA) is 99.8 Å². The van der Waals surface area contributed by atoms with E-state index in [1.807, 2.05) is 0 Å². The molecule has 3 aliphatic heterocycles. The maximum Gasteiger partial charge on any atom is 0.325 e. The Morgan fingerprint density at radius 2 is 2.14 bits per heavy atom. The number of nitrogens with one attached hydrogen (secondary N) is 3. The van der Waals surface area contributed by atoms with Crippen molar-refractivity contribution in [3.05, 3.63) is 0 Å². The SMILES string of the molecule is O=C(CN1C(=O)NC2(CCNCC2)C1=O)NCC1CCCO1. The van der Waals surface area contributed by atoms with Crippen molar-refractivity contribution in [1.82, 2.24) is 20.9 Å². The van der Waals surface area contributed by atoms with Gasteiger partial charge in [0, 0.05) is 13.2 Å². The molecule has 3 heterocycles. The van der Waals surface area contributed by atoms with Crippen molar-refractivity contribution in [2.24, 2.45) is 0 Å². The maximum atomic E-state index is 12.5. The number of nitrogens with zero attached hydrogens (tertiary/aromatic N) is 1. The molecule has 1 atom stereocenters. The Labute approximate surface area is 128 Å². The van der Waals surface area contributed by atoms with Crippen molar-refractivity contribution in [1.29, 1.82) is 0 Å². The summed E-state index contributed by atoms with van der Waals surface area (Å²) in [6.45, 7) is 2.30. The zero-order valence-corrected chi connectivity index (χ0v) is 12.5. The number of hydrogen-bond donors (Lipinski definition) is 3. The number of ether oxygens (including phenoxy) is 1. The molecular weight excluding hydrogens is 288 g/mol. The second kappa shape index (κ2) is 6.21. The van der Waals surface area contributed by atoms with E-state index >= 15 is 0 Å². The fraction of sp³-hybridized carbons (Fsp3) is 0.786. The Bertz CT molecular complexity index is 469. The molecule has 0 aromatic heterocycles. The molecule has 3 N–H and O–H groups in total. The molecule has 4 amide bonds. The van der Waals surface area contributed by atoms with Crippen LogP contribution in [0.5, 0.6) is 0 Å². The number of carbonyl (C=O) groups excluding carboxylic acids is 3. The molecule has 1 unspecified atom stereocenters. The molecule has 8 nitrogen and oxygen atoms in total. The Balaban J connectivity index is 1.54. The quantitative estimate of drug-likeness (QED) is 0.576. The lowest BCUT2D eigenvalue weighted by molar-refractivity contribution is -0.135. The highest BCUT2D eigenvalue weighted by atomic mass is 16.5. The molecule has 3 rings (SSSR count). The summed E-state index contributed by atoms with van der Waals surface area (Å²) < 4.78 is 5.42. The minimum atomic E-state index is -0.822. The summed E-state index contributed by atoms with van der Waals surface area (Å²) in [7, 11) is 0. The van der Waals surface area contributed by atoms with Crippen LogP contribution in [0.4, 0.5) is 4.79 Å². The third-order valence-electron chi connectivity index (χ3n) is 4.56. The molecule has 0 saturated carbocycles. The van der Waals surface area contributed by atoms with Crippen molar-refractivity contribution < 1.29 is 19.1 Å². The summed E-state index contributed by atoms with van der Waals surface area (Å²) in [6, 6.07) is -0.473. The lowest BCUT2D eigenvalue weighted by atomic mass is 9.88. The van der Waals surface area contributed by atoms with Crippen LogP contribution in [0.1, 0.15) is 25.7 Å².